The van der Waals surface area contributed by atoms with E-state index in [1.165, 1.54) is 4.90 Å². The van der Waals surface area contributed by atoms with Gasteiger partial charge in [-0.1, -0.05) is 15.9 Å². The fourth-order valence-corrected chi connectivity index (χ4v) is 3.61. The Morgan fingerprint density at radius 3 is 2.78 bits per heavy atom. The molecule has 0 radical (unpaired) electrons. The molecule has 1 aromatic carbocycles. The first-order valence-corrected chi connectivity index (χ1v) is 8.69. The smallest absolute Gasteiger partial charge is 0.145 e. The fraction of sp³-hybridized carbons (Fsp3) is 0.462. The van der Waals surface area contributed by atoms with Crippen molar-refractivity contribution in [3.8, 4) is 0 Å². The third-order valence-corrected chi connectivity index (χ3v) is 5.57. The van der Waals surface area contributed by atoms with Gasteiger partial charge in [0.05, 0.1) is 10.5 Å². The Labute approximate surface area is 123 Å². The molecule has 18 heavy (non-hydrogen) atoms. The number of hydrogen-bond acceptors (Lipinski definition) is 2. The van der Waals surface area contributed by atoms with E-state index in [0.717, 1.165) is 27.9 Å². The van der Waals surface area contributed by atoms with Gasteiger partial charge in [-0.15, -0.1) is 11.8 Å². The van der Waals surface area contributed by atoms with Crippen molar-refractivity contribution in [3.63, 3.8) is 0 Å². The average molecular weight is 346 g/mol. The quantitative estimate of drug-likeness (QED) is 0.763. The molecule has 1 atom stereocenters. The second-order valence-corrected chi connectivity index (χ2v) is 9.10. The number of rotatable bonds is 1. The molecule has 98 valence electrons. The van der Waals surface area contributed by atoms with Gasteiger partial charge in [0.2, 0.25) is 0 Å². The van der Waals surface area contributed by atoms with Crippen LogP contribution in [0, 0.1) is 0 Å². The second kappa shape index (κ2) is 5.47. The highest BCUT2D eigenvalue weighted by molar-refractivity contribution is 9.10. The van der Waals surface area contributed by atoms with Crippen LogP contribution < -0.4 is 0 Å². The lowest BCUT2D eigenvalue weighted by Crippen LogP contribution is -2.22. The highest BCUT2D eigenvalue weighted by Crippen LogP contribution is 2.32. The second-order valence-electron chi connectivity index (χ2n) is 5.14. The van der Waals surface area contributed by atoms with Crippen LogP contribution in [0.5, 0.6) is 0 Å². The van der Waals surface area contributed by atoms with Gasteiger partial charge in [-0.05, 0) is 39.0 Å². The van der Waals surface area contributed by atoms with Crippen molar-refractivity contribution < 1.29 is 4.21 Å². The van der Waals surface area contributed by atoms with Crippen LogP contribution in [0.3, 0.4) is 0 Å². The van der Waals surface area contributed by atoms with E-state index in [9.17, 15) is 4.21 Å². The van der Waals surface area contributed by atoms with Gasteiger partial charge in [-0.25, -0.2) is 4.21 Å². The van der Waals surface area contributed by atoms with Gasteiger partial charge in [-0.2, -0.15) is 4.40 Å². The van der Waals surface area contributed by atoms with Crippen molar-refractivity contribution in [2.24, 2.45) is 4.40 Å². The molecule has 5 heteroatoms. The molecule has 1 aromatic rings. The molecule has 0 aromatic heterocycles. The lowest BCUT2D eigenvalue weighted by atomic mass is 10.1. The summed E-state index contributed by atoms with van der Waals surface area (Å²) in [5, 5.41) is 0. The number of hydrogen-bond donors (Lipinski definition) is 0. The van der Waals surface area contributed by atoms with Crippen LogP contribution in [0.2, 0.25) is 0 Å². The fourth-order valence-electron chi connectivity index (χ4n) is 1.58. The highest BCUT2D eigenvalue weighted by atomic mass is 79.9. The van der Waals surface area contributed by atoms with Crippen LogP contribution in [0.4, 0.5) is 0 Å². The van der Waals surface area contributed by atoms with E-state index >= 15 is 0 Å². The summed E-state index contributed by atoms with van der Waals surface area (Å²) >= 11 is 5.32. The van der Waals surface area contributed by atoms with Crippen LogP contribution in [0.25, 0.3) is 0 Å². The van der Waals surface area contributed by atoms with E-state index in [1.807, 2.05) is 38.6 Å². The first kappa shape index (κ1) is 14.3. The molecule has 1 unspecified atom stereocenters. The van der Waals surface area contributed by atoms with E-state index in [2.05, 4.69) is 32.5 Å². The summed E-state index contributed by atoms with van der Waals surface area (Å²) in [6, 6.07) is 6.20. The minimum absolute atomic E-state index is 0.302. The Balaban J connectivity index is 2.41. The lowest BCUT2D eigenvalue weighted by Gasteiger charge is -2.20. The maximum Gasteiger partial charge on any atom is 0.145 e. The summed E-state index contributed by atoms with van der Waals surface area (Å²) in [6.07, 6.45) is 0.885. The lowest BCUT2D eigenvalue weighted by molar-refractivity contribution is 0.650. The molecule has 0 saturated heterocycles. The maximum atomic E-state index is 12.1. The molecule has 0 aliphatic carbocycles. The van der Waals surface area contributed by atoms with Gasteiger partial charge < -0.3 is 0 Å². The van der Waals surface area contributed by atoms with E-state index in [4.69, 9.17) is 0 Å². The molecule has 0 N–H and O–H groups in total. The SMILES string of the molecule is CC(C)(C)S(=O)N=C1CCSc2ccc(Br)cc21. The van der Waals surface area contributed by atoms with Crippen LogP contribution in [-0.4, -0.2) is 20.4 Å². The molecule has 0 saturated carbocycles. The summed E-state index contributed by atoms with van der Waals surface area (Å²) in [4.78, 5) is 1.23. The van der Waals surface area contributed by atoms with Crippen LogP contribution in [0.15, 0.2) is 32.0 Å². The maximum absolute atomic E-state index is 12.1. The predicted molar refractivity (Wildman–Crippen MR) is 83.9 cm³/mol. The number of thioether (sulfide) groups is 1. The largest absolute Gasteiger partial charge is 0.234 e. The van der Waals surface area contributed by atoms with Crippen molar-refractivity contribution in [2.75, 3.05) is 5.75 Å². The Bertz CT molecular complexity index is 520. The van der Waals surface area contributed by atoms with Crippen LogP contribution in [-0.2, 0) is 11.0 Å². The van der Waals surface area contributed by atoms with Crippen molar-refractivity contribution in [1.82, 2.24) is 0 Å². The highest BCUT2D eigenvalue weighted by Gasteiger charge is 2.22. The average Bonchev–Trinajstić information content (AvgIpc) is 2.28. The normalized spacial score (nSPS) is 19.7. The molecule has 0 fully saturated rings. The van der Waals surface area contributed by atoms with Gasteiger partial charge in [0, 0.05) is 27.1 Å². The molecule has 2 rings (SSSR count). The van der Waals surface area contributed by atoms with E-state index in [0.29, 0.717) is 0 Å². The first-order chi connectivity index (χ1) is 8.38. The van der Waals surface area contributed by atoms with E-state index in [1.54, 1.807) is 0 Å². The zero-order valence-electron chi connectivity index (χ0n) is 10.7. The molecule has 1 aliphatic rings. The standard InChI is InChI=1S/C13H16BrNOS2/c1-13(2,3)18(16)15-11-6-7-17-12-5-4-9(14)8-10(11)12/h4-5,8H,6-7H2,1-3H3. The third kappa shape index (κ3) is 3.25. The molecule has 0 bridgehead atoms. The topological polar surface area (TPSA) is 29.4 Å². The van der Waals surface area contributed by atoms with Gasteiger partial charge in [-0.3, -0.25) is 0 Å². The van der Waals surface area contributed by atoms with Crippen molar-refractivity contribution in [1.29, 1.82) is 0 Å². The Morgan fingerprint density at radius 1 is 1.39 bits per heavy atom. The first-order valence-electron chi connectivity index (χ1n) is 5.80. The summed E-state index contributed by atoms with van der Waals surface area (Å²) in [5.74, 6) is 1.01. The van der Waals surface area contributed by atoms with Crippen LogP contribution in [0.1, 0.15) is 32.8 Å². The summed E-state index contributed by atoms with van der Waals surface area (Å²) in [7, 11) is -1.19. The van der Waals surface area contributed by atoms with Crippen LogP contribution >= 0.6 is 27.7 Å². The summed E-state index contributed by atoms with van der Waals surface area (Å²) < 4.78 is 17.3. The molecular weight excluding hydrogens is 330 g/mol. The number of benzene rings is 1. The molecule has 0 amide bonds. The van der Waals surface area contributed by atoms with Gasteiger partial charge in [0.25, 0.3) is 0 Å². The summed E-state index contributed by atoms with van der Waals surface area (Å²) in [5.41, 5.74) is 2.09. The summed E-state index contributed by atoms with van der Waals surface area (Å²) in [6.45, 7) is 5.85. The molecular formula is C13H16BrNOS2. The van der Waals surface area contributed by atoms with Crippen molar-refractivity contribution in [2.45, 2.75) is 36.8 Å². The molecule has 1 heterocycles. The Morgan fingerprint density at radius 2 is 2.11 bits per heavy atom. The van der Waals surface area contributed by atoms with Gasteiger partial charge >= 0.3 is 0 Å². The van der Waals surface area contributed by atoms with Crippen molar-refractivity contribution in [3.05, 3.63) is 28.2 Å². The zero-order chi connectivity index (χ0) is 13.3. The Kier molecular flexibility index (Phi) is 4.34. The third-order valence-electron chi connectivity index (χ3n) is 2.57. The van der Waals surface area contributed by atoms with Gasteiger partial charge in [0.1, 0.15) is 11.0 Å². The zero-order valence-corrected chi connectivity index (χ0v) is 13.9. The molecule has 2 nitrogen and oxygen atoms in total. The number of halogens is 1. The van der Waals surface area contributed by atoms with E-state index in [-0.39, 0.29) is 4.75 Å². The van der Waals surface area contributed by atoms with Gasteiger partial charge in [0.15, 0.2) is 0 Å². The van der Waals surface area contributed by atoms with Crippen molar-refractivity contribution >= 4 is 44.4 Å². The Hall–Kier alpha value is -0.130. The minimum atomic E-state index is -1.19. The molecule has 1 aliphatic heterocycles. The monoisotopic (exact) mass is 345 g/mol. The predicted octanol–water partition coefficient (Wildman–Crippen LogP) is 4.20. The number of fused-ring (bicyclic) bond motifs is 1. The van der Waals surface area contributed by atoms with E-state index < -0.39 is 11.0 Å². The number of nitrogens with zero attached hydrogens (tertiary/aromatic N) is 1. The minimum Gasteiger partial charge on any atom is -0.234 e. The molecule has 0 spiro atoms.